The second kappa shape index (κ2) is 9.24. The predicted molar refractivity (Wildman–Crippen MR) is 123 cm³/mol. The van der Waals surface area contributed by atoms with E-state index in [1.807, 2.05) is 97.4 Å². The van der Waals surface area contributed by atoms with Gasteiger partial charge in [0.05, 0.1) is 16.6 Å². The first kappa shape index (κ1) is 20.3. The summed E-state index contributed by atoms with van der Waals surface area (Å²) >= 11 is 1.56. The molecule has 0 spiro atoms. The Morgan fingerprint density at radius 1 is 1.10 bits per heavy atom. The summed E-state index contributed by atoms with van der Waals surface area (Å²) in [6, 6.07) is 25.2. The van der Waals surface area contributed by atoms with Crippen LogP contribution in [0.4, 0.5) is 0 Å². The maximum Gasteiger partial charge on any atom is 0.262 e. The van der Waals surface area contributed by atoms with Gasteiger partial charge in [0.2, 0.25) is 0 Å². The number of nitrogens with one attached hydrogen (secondary N) is 1. The highest BCUT2D eigenvalue weighted by atomic mass is 32.1. The van der Waals surface area contributed by atoms with Gasteiger partial charge in [-0.2, -0.15) is 10.4 Å². The van der Waals surface area contributed by atoms with E-state index < -0.39 is 5.91 Å². The van der Waals surface area contributed by atoms with Crippen molar-refractivity contribution in [1.29, 1.82) is 5.26 Å². The highest BCUT2D eigenvalue weighted by Crippen LogP contribution is 2.29. The fraction of sp³-hybridized carbons (Fsp3) is 0.0800. The zero-order valence-electron chi connectivity index (χ0n) is 16.9. The van der Waals surface area contributed by atoms with E-state index in [1.54, 1.807) is 22.1 Å². The van der Waals surface area contributed by atoms with Crippen molar-refractivity contribution in [1.82, 2.24) is 15.1 Å². The minimum absolute atomic E-state index is 0.0354. The second-order valence-corrected chi connectivity index (χ2v) is 7.91. The van der Waals surface area contributed by atoms with Gasteiger partial charge < -0.3 is 5.32 Å². The number of hydrogen-bond acceptors (Lipinski definition) is 4. The molecule has 1 atom stereocenters. The van der Waals surface area contributed by atoms with Crippen LogP contribution in [0.1, 0.15) is 24.1 Å². The molecular weight excluding hydrogens is 404 g/mol. The monoisotopic (exact) mass is 424 g/mol. The van der Waals surface area contributed by atoms with Gasteiger partial charge in [0.15, 0.2) is 0 Å². The molecule has 0 aliphatic rings. The molecule has 0 aliphatic heterocycles. The molecule has 2 aromatic heterocycles. The third-order valence-corrected chi connectivity index (χ3v) is 5.71. The van der Waals surface area contributed by atoms with E-state index in [1.165, 1.54) is 0 Å². The van der Waals surface area contributed by atoms with E-state index in [-0.39, 0.29) is 11.6 Å². The van der Waals surface area contributed by atoms with Crippen molar-refractivity contribution in [3.63, 3.8) is 0 Å². The Morgan fingerprint density at radius 3 is 2.45 bits per heavy atom. The fourth-order valence-electron chi connectivity index (χ4n) is 3.21. The molecule has 0 bridgehead atoms. The molecule has 31 heavy (non-hydrogen) atoms. The van der Waals surface area contributed by atoms with Crippen LogP contribution < -0.4 is 5.32 Å². The van der Waals surface area contributed by atoms with Crippen molar-refractivity contribution in [2.45, 2.75) is 13.0 Å². The lowest BCUT2D eigenvalue weighted by atomic mass is 10.1. The molecule has 4 aromatic rings. The van der Waals surface area contributed by atoms with Gasteiger partial charge >= 0.3 is 0 Å². The molecule has 5 nitrogen and oxygen atoms in total. The first-order chi connectivity index (χ1) is 15.2. The van der Waals surface area contributed by atoms with Crippen LogP contribution in [-0.2, 0) is 4.79 Å². The van der Waals surface area contributed by atoms with Crippen LogP contribution in [0.25, 0.3) is 22.3 Å². The smallest absolute Gasteiger partial charge is 0.262 e. The number of amides is 1. The Kier molecular flexibility index (Phi) is 6.06. The minimum Gasteiger partial charge on any atom is -0.345 e. The van der Waals surface area contributed by atoms with Gasteiger partial charge in [-0.3, -0.25) is 4.79 Å². The molecule has 4 rings (SSSR count). The van der Waals surface area contributed by atoms with Gasteiger partial charge in [-0.15, -0.1) is 11.3 Å². The van der Waals surface area contributed by atoms with Crippen molar-refractivity contribution >= 4 is 23.3 Å². The molecule has 0 saturated carbocycles. The summed E-state index contributed by atoms with van der Waals surface area (Å²) in [5, 5.41) is 19.3. The molecule has 6 heteroatoms. The van der Waals surface area contributed by atoms with Crippen molar-refractivity contribution in [3.05, 3.63) is 101 Å². The average molecular weight is 425 g/mol. The van der Waals surface area contributed by atoms with Gasteiger partial charge in [0, 0.05) is 11.8 Å². The van der Waals surface area contributed by atoms with Crippen LogP contribution in [0.2, 0.25) is 0 Å². The Hall–Kier alpha value is -3.95. The van der Waals surface area contributed by atoms with Crippen LogP contribution in [0.3, 0.4) is 0 Å². The van der Waals surface area contributed by atoms with E-state index in [2.05, 4.69) is 5.32 Å². The summed E-state index contributed by atoms with van der Waals surface area (Å²) in [5.41, 5.74) is 3.36. The fourth-order valence-corrected chi connectivity index (χ4v) is 3.95. The quantitative estimate of drug-likeness (QED) is 0.333. The Morgan fingerprint density at radius 2 is 1.81 bits per heavy atom. The first-order valence-electron chi connectivity index (χ1n) is 9.82. The topological polar surface area (TPSA) is 70.7 Å². The number of carbonyl (C=O) groups excluding carboxylic acids is 1. The Bertz CT molecular complexity index is 1240. The lowest BCUT2D eigenvalue weighted by molar-refractivity contribution is -0.117. The third-order valence-electron chi connectivity index (χ3n) is 4.83. The number of aromatic nitrogens is 2. The largest absolute Gasteiger partial charge is 0.345 e. The summed E-state index contributed by atoms with van der Waals surface area (Å²) in [4.78, 5) is 13.8. The lowest BCUT2D eigenvalue weighted by Crippen LogP contribution is -2.27. The molecule has 0 unspecified atom stereocenters. The molecule has 0 aliphatic carbocycles. The number of para-hydroxylation sites is 1. The van der Waals surface area contributed by atoms with E-state index in [4.69, 9.17) is 5.10 Å². The second-order valence-electron chi connectivity index (χ2n) is 6.97. The Balaban J connectivity index is 1.67. The molecule has 2 aromatic carbocycles. The number of nitrogens with zero attached hydrogens (tertiary/aromatic N) is 3. The highest BCUT2D eigenvalue weighted by molar-refractivity contribution is 7.13. The molecule has 1 amide bonds. The number of hydrogen-bond donors (Lipinski definition) is 1. The highest BCUT2D eigenvalue weighted by Gasteiger charge is 2.17. The number of benzene rings is 2. The van der Waals surface area contributed by atoms with Gasteiger partial charge in [-0.1, -0.05) is 54.6 Å². The molecular formula is C25H20N4OS. The number of thiophene rings is 1. The lowest BCUT2D eigenvalue weighted by Gasteiger charge is -2.13. The van der Waals surface area contributed by atoms with Gasteiger partial charge in [0.1, 0.15) is 17.3 Å². The van der Waals surface area contributed by atoms with Crippen molar-refractivity contribution in [2.24, 2.45) is 0 Å². The standard InChI is InChI=1S/C25H20N4OS/c1-18(19-9-4-2-5-10-19)27-25(30)20(16-26)15-21-17-29(22-11-6-3-7-12-22)28-24(21)23-13-8-14-31-23/h2-15,17-18H,1H3,(H,27,30)/b20-15+/t18-/m0/s1. The number of carbonyl (C=O) groups is 1. The minimum atomic E-state index is -0.413. The maximum atomic E-state index is 12.8. The predicted octanol–water partition coefficient (Wildman–Crippen LogP) is 5.39. The number of rotatable bonds is 6. The summed E-state index contributed by atoms with van der Waals surface area (Å²) in [6.45, 7) is 1.90. The molecule has 0 radical (unpaired) electrons. The molecule has 2 heterocycles. The zero-order chi connectivity index (χ0) is 21.6. The molecule has 0 fully saturated rings. The SMILES string of the molecule is C[C@H](NC(=O)/C(C#N)=C/c1cn(-c2ccccc2)nc1-c1cccs1)c1ccccc1. The average Bonchev–Trinajstić information content (AvgIpc) is 3.48. The van der Waals surface area contributed by atoms with Crippen LogP contribution in [0.5, 0.6) is 0 Å². The van der Waals surface area contributed by atoms with Crippen LogP contribution in [-0.4, -0.2) is 15.7 Å². The Labute approximate surface area is 184 Å². The van der Waals surface area contributed by atoms with Crippen molar-refractivity contribution < 1.29 is 4.79 Å². The van der Waals surface area contributed by atoms with Crippen molar-refractivity contribution in [2.75, 3.05) is 0 Å². The summed E-state index contributed by atoms with van der Waals surface area (Å²) in [5.74, 6) is -0.413. The van der Waals surface area contributed by atoms with Gasteiger partial charge in [0.25, 0.3) is 5.91 Å². The molecule has 1 N–H and O–H groups in total. The summed E-state index contributed by atoms with van der Waals surface area (Å²) < 4.78 is 1.76. The number of nitriles is 1. The van der Waals surface area contributed by atoms with Crippen LogP contribution >= 0.6 is 11.3 Å². The third kappa shape index (κ3) is 4.63. The molecule has 152 valence electrons. The van der Waals surface area contributed by atoms with E-state index in [0.29, 0.717) is 5.56 Å². The van der Waals surface area contributed by atoms with Gasteiger partial charge in [-0.25, -0.2) is 4.68 Å². The van der Waals surface area contributed by atoms with Gasteiger partial charge in [-0.05, 0) is 42.1 Å². The summed E-state index contributed by atoms with van der Waals surface area (Å²) in [6.07, 6.45) is 3.45. The van der Waals surface area contributed by atoms with Crippen molar-refractivity contribution in [3.8, 4) is 22.3 Å². The molecule has 0 saturated heterocycles. The normalized spacial score (nSPS) is 12.2. The first-order valence-corrected chi connectivity index (χ1v) is 10.7. The maximum absolute atomic E-state index is 12.8. The van der Waals surface area contributed by atoms with E-state index in [9.17, 15) is 10.1 Å². The van der Waals surface area contributed by atoms with E-state index in [0.717, 1.165) is 21.8 Å². The van der Waals surface area contributed by atoms with E-state index >= 15 is 0 Å². The van der Waals surface area contributed by atoms with Crippen LogP contribution in [0.15, 0.2) is 89.9 Å². The summed E-state index contributed by atoms with van der Waals surface area (Å²) in [7, 11) is 0. The van der Waals surface area contributed by atoms with Crippen LogP contribution in [0, 0.1) is 11.3 Å². The zero-order valence-corrected chi connectivity index (χ0v) is 17.7.